The van der Waals surface area contributed by atoms with Crippen molar-refractivity contribution in [2.24, 2.45) is 4.99 Å². The van der Waals surface area contributed by atoms with Crippen LogP contribution in [0.5, 0.6) is 0 Å². The number of allylic oxidation sites excluding steroid dienone is 1. The average molecular weight is 665 g/mol. The summed E-state index contributed by atoms with van der Waals surface area (Å²) in [6, 6.07) is 60.0. The minimum atomic E-state index is -0.485. The lowest BCUT2D eigenvalue weighted by Crippen LogP contribution is -2.10. The van der Waals surface area contributed by atoms with Gasteiger partial charge in [-0.1, -0.05) is 140 Å². The van der Waals surface area contributed by atoms with Crippen LogP contribution in [0.4, 0.5) is 0 Å². The molecule has 1 aliphatic heterocycles. The van der Waals surface area contributed by atoms with E-state index in [2.05, 4.69) is 168 Å². The molecule has 0 spiro atoms. The maximum absolute atomic E-state index is 6.87. The quantitative estimate of drug-likeness (QED) is 0.185. The Morgan fingerprint density at radius 1 is 0.519 bits per heavy atom. The lowest BCUT2D eigenvalue weighted by atomic mass is 9.98. The molecule has 8 aromatic carbocycles. The second-order valence-corrected chi connectivity index (χ2v) is 13.5. The summed E-state index contributed by atoms with van der Waals surface area (Å²) >= 11 is 0. The molecule has 4 nitrogen and oxygen atoms in total. The van der Waals surface area contributed by atoms with Crippen LogP contribution in [0.1, 0.15) is 22.9 Å². The molecule has 0 bridgehead atoms. The average Bonchev–Trinajstić information content (AvgIpc) is 3.76. The fourth-order valence-electron chi connectivity index (χ4n) is 8.05. The fourth-order valence-corrected chi connectivity index (χ4v) is 8.05. The van der Waals surface area contributed by atoms with Crippen molar-refractivity contribution in [3.63, 3.8) is 0 Å². The number of para-hydroxylation sites is 2. The summed E-state index contributed by atoms with van der Waals surface area (Å²) in [4.78, 5) is 5.35. The minimum absolute atomic E-state index is 0.485. The van der Waals surface area contributed by atoms with Crippen LogP contribution in [0.2, 0.25) is 0 Å². The Morgan fingerprint density at radius 2 is 1.21 bits per heavy atom. The first-order valence-corrected chi connectivity index (χ1v) is 17.7. The van der Waals surface area contributed by atoms with Gasteiger partial charge in [0.15, 0.2) is 5.58 Å². The molecule has 52 heavy (non-hydrogen) atoms. The van der Waals surface area contributed by atoms with Crippen molar-refractivity contribution < 1.29 is 4.42 Å². The SMILES string of the molecule is C1=C(c2ccc3ccccc3c2)[N-]C(c2ccc(-n3c4ccccc4c4cc5ccccc5cc43)c3oc4ccccc4c23)N=C1c1ccccc1. The van der Waals surface area contributed by atoms with Gasteiger partial charge in [0.25, 0.3) is 0 Å². The van der Waals surface area contributed by atoms with E-state index < -0.39 is 6.17 Å². The summed E-state index contributed by atoms with van der Waals surface area (Å²) in [5.41, 5.74) is 9.87. The lowest BCUT2D eigenvalue weighted by Gasteiger charge is -2.38. The summed E-state index contributed by atoms with van der Waals surface area (Å²) in [5.74, 6) is 0. The Bertz CT molecular complexity index is 3110. The highest BCUT2D eigenvalue weighted by molar-refractivity contribution is 6.17. The van der Waals surface area contributed by atoms with Crippen LogP contribution in [0.25, 0.3) is 82.0 Å². The first kappa shape index (κ1) is 28.9. The molecule has 0 saturated carbocycles. The van der Waals surface area contributed by atoms with E-state index in [9.17, 15) is 0 Å². The van der Waals surface area contributed by atoms with Gasteiger partial charge < -0.3 is 14.3 Å². The van der Waals surface area contributed by atoms with Crippen molar-refractivity contribution in [2.45, 2.75) is 6.17 Å². The molecule has 4 heteroatoms. The number of nitrogens with zero attached hydrogens (tertiary/aromatic N) is 3. The Labute approximate surface area is 299 Å². The van der Waals surface area contributed by atoms with Crippen LogP contribution >= 0.6 is 0 Å². The third kappa shape index (κ3) is 4.44. The largest absolute Gasteiger partial charge is 0.659 e. The van der Waals surface area contributed by atoms with E-state index >= 15 is 0 Å². The predicted molar refractivity (Wildman–Crippen MR) is 217 cm³/mol. The standard InChI is InChI=1S/C48H30N3O/c1-2-13-31(14-3-1)40-29-41(35-23-22-30-12-4-5-15-32(30)26-35)50-48(49-40)38-24-25-43(47-46(38)37-19-9-11-21-45(37)52-47)51-42-20-10-8-18-36(42)39-27-33-16-6-7-17-34(33)28-44(39)51/h1-29,48H/q-1. The Morgan fingerprint density at radius 3 is 2.06 bits per heavy atom. The van der Waals surface area contributed by atoms with E-state index in [1.54, 1.807) is 0 Å². The first-order valence-electron chi connectivity index (χ1n) is 17.7. The molecule has 0 amide bonds. The van der Waals surface area contributed by atoms with Crippen molar-refractivity contribution in [1.82, 2.24) is 4.57 Å². The van der Waals surface area contributed by atoms with Crippen LogP contribution in [-0.4, -0.2) is 10.3 Å². The van der Waals surface area contributed by atoms with Gasteiger partial charge in [-0.2, -0.15) is 0 Å². The van der Waals surface area contributed by atoms with E-state index in [0.29, 0.717) is 0 Å². The van der Waals surface area contributed by atoms with Gasteiger partial charge in [-0.15, -0.1) is 5.70 Å². The number of hydrogen-bond acceptors (Lipinski definition) is 2. The van der Waals surface area contributed by atoms with E-state index in [4.69, 9.17) is 14.7 Å². The summed E-state index contributed by atoms with van der Waals surface area (Å²) in [5, 5.41) is 14.7. The third-order valence-corrected chi connectivity index (χ3v) is 10.5. The Kier molecular flexibility index (Phi) is 6.28. The molecule has 10 aromatic rings. The summed E-state index contributed by atoms with van der Waals surface area (Å²) in [6.07, 6.45) is 1.64. The second kappa shape index (κ2) is 11.3. The van der Waals surface area contributed by atoms with Crippen LogP contribution in [0.3, 0.4) is 0 Å². The molecule has 1 atom stereocenters. The molecule has 0 fully saturated rings. The molecule has 1 unspecified atom stereocenters. The number of rotatable bonds is 4. The summed E-state index contributed by atoms with van der Waals surface area (Å²) < 4.78 is 9.23. The van der Waals surface area contributed by atoms with Crippen LogP contribution in [0, 0.1) is 0 Å². The van der Waals surface area contributed by atoms with Gasteiger partial charge in [-0.3, -0.25) is 4.99 Å². The fraction of sp³-hybridized carbons (Fsp3) is 0.0208. The molecule has 1 aliphatic rings. The Hall–Kier alpha value is -6.91. The molecule has 0 N–H and O–H groups in total. The zero-order chi connectivity index (χ0) is 34.2. The lowest BCUT2D eigenvalue weighted by molar-refractivity contribution is 0.665. The highest BCUT2D eigenvalue weighted by Gasteiger charge is 2.22. The molecule has 0 aliphatic carbocycles. The van der Waals surface area contributed by atoms with Gasteiger partial charge in [0.05, 0.1) is 22.4 Å². The van der Waals surface area contributed by atoms with Crippen molar-refractivity contribution in [2.75, 3.05) is 0 Å². The number of aromatic nitrogens is 1. The maximum atomic E-state index is 6.87. The second-order valence-electron chi connectivity index (χ2n) is 13.5. The van der Waals surface area contributed by atoms with E-state index in [1.165, 1.54) is 32.3 Å². The highest BCUT2D eigenvalue weighted by atomic mass is 16.3. The smallest absolute Gasteiger partial charge is 0.159 e. The zero-order valence-electron chi connectivity index (χ0n) is 28.1. The van der Waals surface area contributed by atoms with Crippen molar-refractivity contribution >= 4 is 76.7 Å². The van der Waals surface area contributed by atoms with Gasteiger partial charge in [0.1, 0.15) is 5.58 Å². The molecule has 0 radical (unpaired) electrons. The van der Waals surface area contributed by atoms with Gasteiger partial charge in [-0.25, -0.2) is 0 Å². The van der Waals surface area contributed by atoms with Crippen molar-refractivity contribution in [3.8, 4) is 5.69 Å². The number of hydrogen-bond donors (Lipinski definition) is 0. The molecule has 2 aromatic heterocycles. The number of fused-ring (bicyclic) bond motifs is 8. The highest BCUT2D eigenvalue weighted by Crippen LogP contribution is 2.46. The zero-order valence-corrected chi connectivity index (χ0v) is 28.1. The summed E-state index contributed by atoms with van der Waals surface area (Å²) in [6.45, 7) is 0. The topological polar surface area (TPSA) is 44.5 Å². The maximum Gasteiger partial charge on any atom is 0.159 e. The number of benzene rings is 8. The van der Waals surface area contributed by atoms with Gasteiger partial charge >= 0.3 is 0 Å². The van der Waals surface area contributed by atoms with Crippen LogP contribution in [0.15, 0.2) is 185 Å². The van der Waals surface area contributed by atoms with Crippen molar-refractivity contribution in [3.05, 3.63) is 198 Å². The monoisotopic (exact) mass is 664 g/mol. The number of aliphatic imine (C=N–C) groups is 1. The third-order valence-electron chi connectivity index (χ3n) is 10.5. The summed E-state index contributed by atoms with van der Waals surface area (Å²) in [7, 11) is 0. The minimum Gasteiger partial charge on any atom is -0.659 e. The van der Waals surface area contributed by atoms with Crippen molar-refractivity contribution in [1.29, 1.82) is 0 Å². The molecule has 0 saturated heterocycles. The Balaban J connectivity index is 1.16. The molecule has 244 valence electrons. The van der Waals surface area contributed by atoms with E-state index in [1.807, 2.05) is 12.1 Å². The van der Waals surface area contributed by atoms with Crippen LogP contribution < -0.4 is 0 Å². The molecular formula is C48H30N3O-. The molecular weight excluding hydrogens is 635 g/mol. The van der Waals surface area contributed by atoms with E-state index in [0.717, 1.165) is 66.8 Å². The molecule has 11 rings (SSSR count). The van der Waals surface area contributed by atoms with E-state index in [-0.39, 0.29) is 0 Å². The van der Waals surface area contributed by atoms with Gasteiger partial charge in [0.2, 0.25) is 0 Å². The normalized spacial score (nSPS) is 14.7. The first-order chi connectivity index (χ1) is 25.8. The van der Waals surface area contributed by atoms with Crippen LogP contribution in [-0.2, 0) is 0 Å². The molecule has 3 heterocycles. The predicted octanol–water partition coefficient (Wildman–Crippen LogP) is 12.9. The van der Waals surface area contributed by atoms with Gasteiger partial charge in [-0.05, 0) is 74.6 Å². The number of furan rings is 1. The van der Waals surface area contributed by atoms with Gasteiger partial charge in [0, 0.05) is 27.7 Å².